The zero-order valence-electron chi connectivity index (χ0n) is 7.61. The van der Waals surface area contributed by atoms with E-state index in [0.717, 1.165) is 10.4 Å². The van der Waals surface area contributed by atoms with E-state index in [9.17, 15) is 0 Å². The number of fused-ring (bicyclic) bond motifs is 1. The van der Waals surface area contributed by atoms with E-state index in [-0.39, 0.29) is 5.15 Å². The maximum atomic E-state index is 5.86. The number of nitrogens with zero attached hydrogens (tertiary/aromatic N) is 4. The Labute approximate surface area is 104 Å². The van der Waals surface area contributed by atoms with Crippen molar-refractivity contribution < 1.29 is 0 Å². The fourth-order valence-electron chi connectivity index (χ4n) is 1.28. The standard InChI is InChI=1S/C8H3Cl2N5S/c9-3-1-4-7(13-6(3)10)14-8(12-4)5-2-11-15-16-5/h1-2H,(H,12,13,14). The van der Waals surface area contributed by atoms with Crippen LogP contribution in [0, 0.1) is 0 Å². The Hall–Kier alpha value is -1.24. The van der Waals surface area contributed by atoms with Gasteiger partial charge >= 0.3 is 0 Å². The van der Waals surface area contributed by atoms with Gasteiger partial charge in [0.1, 0.15) is 10.0 Å². The molecule has 8 heteroatoms. The zero-order chi connectivity index (χ0) is 11.1. The van der Waals surface area contributed by atoms with Gasteiger partial charge in [-0.3, -0.25) is 0 Å². The van der Waals surface area contributed by atoms with Gasteiger partial charge in [-0.15, -0.1) is 5.10 Å². The molecule has 3 heterocycles. The third-order valence-electron chi connectivity index (χ3n) is 1.98. The van der Waals surface area contributed by atoms with Crippen LogP contribution in [0.25, 0.3) is 21.9 Å². The van der Waals surface area contributed by atoms with E-state index in [1.165, 1.54) is 11.5 Å². The Balaban J connectivity index is 2.23. The maximum Gasteiger partial charge on any atom is 0.179 e. The first-order valence-electron chi connectivity index (χ1n) is 4.23. The summed E-state index contributed by atoms with van der Waals surface area (Å²) in [5.41, 5.74) is 1.26. The molecule has 0 aliphatic heterocycles. The average Bonchev–Trinajstić information content (AvgIpc) is 2.86. The predicted molar refractivity (Wildman–Crippen MR) is 62.8 cm³/mol. The second-order valence-corrected chi connectivity index (χ2v) is 4.55. The lowest BCUT2D eigenvalue weighted by molar-refractivity contribution is 1.15. The van der Waals surface area contributed by atoms with Crippen molar-refractivity contribution in [2.24, 2.45) is 0 Å². The minimum absolute atomic E-state index is 0.245. The lowest BCUT2D eigenvalue weighted by Crippen LogP contribution is -1.79. The summed E-state index contributed by atoms with van der Waals surface area (Å²) in [4.78, 5) is 12.3. The van der Waals surface area contributed by atoms with Gasteiger partial charge < -0.3 is 4.98 Å². The highest BCUT2D eigenvalue weighted by atomic mass is 35.5. The predicted octanol–water partition coefficient (Wildman–Crippen LogP) is 2.78. The van der Waals surface area contributed by atoms with Gasteiger partial charge in [0.25, 0.3) is 0 Å². The largest absolute Gasteiger partial charge is 0.336 e. The molecule has 0 fully saturated rings. The number of imidazole rings is 1. The van der Waals surface area contributed by atoms with Crippen molar-refractivity contribution in [1.29, 1.82) is 0 Å². The van der Waals surface area contributed by atoms with Crippen molar-refractivity contribution >= 4 is 45.9 Å². The molecule has 3 rings (SSSR count). The minimum atomic E-state index is 0.245. The Kier molecular flexibility index (Phi) is 2.27. The molecule has 0 amide bonds. The van der Waals surface area contributed by atoms with Crippen LogP contribution in [0.3, 0.4) is 0 Å². The van der Waals surface area contributed by atoms with E-state index in [2.05, 4.69) is 24.5 Å². The molecule has 0 aromatic carbocycles. The monoisotopic (exact) mass is 271 g/mol. The molecule has 0 aliphatic carbocycles. The van der Waals surface area contributed by atoms with Crippen LogP contribution in [0.2, 0.25) is 10.2 Å². The molecule has 3 aromatic heterocycles. The van der Waals surface area contributed by atoms with Crippen LogP contribution in [0.5, 0.6) is 0 Å². The minimum Gasteiger partial charge on any atom is -0.336 e. The van der Waals surface area contributed by atoms with Crippen molar-refractivity contribution in [3.63, 3.8) is 0 Å². The van der Waals surface area contributed by atoms with Crippen LogP contribution >= 0.6 is 34.7 Å². The number of halogens is 2. The van der Waals surface area contributed by atoms with Crippen LogP contribution in [0.4, 0.5) is 0 Å². The molecular weight excluding hydrogens is 269 g/mol. The first kappa shape index (κ1) is 9.95. The molecule has 3 aromatic rings. The SMILES string of the molecule is Clc1cc2[nH]c(-c3cnns3)nc2nc1Cl. The third kappa shape index (κ3) is 1.55. The number of aromatic amines is 1. The number of rotatable bonds is 1. The van der Waals surface area contributed by atoms with Crippen LogP contribution in [-0.4, -0.2) is 24.5 Å². The molecule has 1 N–H and O–H groups in total. The molecule has 0 radical (unpaired) electrons. The third-order valence-corrected chi connectivity index (χ3v) is 3.32. The summed E-state index contributed by atoms with van der Waals surface area (Å²) in [6, 6.07) is 1.69. The van der Waals surface area contributed by atoms with Gasteiger partial charge in [-0.1, -0.05) is 27.7 Å². The highest BCUT2D eigenvalue weighted by Crippen LogP contribution is 2.26. The van der Waals surface area contributed by atoms with Gasteiger partial charge in [-0.25, -0.2) is 9.97 Å². The van der Waals surface area contributed by atoms with Gasteiger partial charge in [0.15, 0.2) is 11.5 Å². The lowest BCUT2D eigenvalue weighted by atomic mass is 10.4. The summed E-state index contributed by atoms with van der Waals surface area (Å²) < 4.78 is 3.76. The number of nitrogens with one attached hydrogen (secondary N) is 1. The normalized spacial score (nSPS) is 11.1. The molecular formula is C8H3Cl2N5S. The van der Waals surface area contributed by atoms with E-state index in [1.54, 1.807) is 12.3 Å². The number of aromatic nitrogens is 5. The molecule has 0 spiro atoms. The Morgan fingerprint density at radius 1 is 1.25 bits per heavy atom. The molecule has 0 atom stereocenters. The molecule has 5 nitrogen and oxygen atoms in total. The smallest absolute Gasteiger partial charge is 0.179 e. The number of hydrogen-bond donors (Lipinski definition) is 1. The topological polar surface area (TPSA) is 67.3 Å². The fourth-order valence-corrected chi connectivity index (χ4v) is 2.03. The van der Waals surface area contributed by atoms with Crippen LogP contribution in [0.1, 0.15) is 0 Å². The summed E-state index contributed by atoms with van der Waals surface area (Å²) in [6.07, 6.45) is 1.63. The van der Waals surface area contributed by atoms with E-state index in [0.29, 0.717) is 16.5 Å². The van der Waals surface area contributed by atoms with Crippen molar-refractivity contribution in [1.82, 2.24) is 24.5 Å². The van der Waals surface area contributed by atoms with Gasteiger partial charge in [0.2, 0.25) is 0 Å². The fraction of sp³-hybridized carbons (Fsp3) is 0. The van der Waals surface area contributed by atoms with E-state index < -0.39 is 0 Å². The van der Waals surface area contributed by atoms with Crippen LogP contribution in [0.15, 0.2) is 12.3 Å². The van der Waals surface area contributed by atoms with E-state index >= 15 is 0 Å². The molecule has 0 saturated heterocycles. The summed E-state index contributed by atoms with van der Waals surface area (Å²) in [7, 11) is 0. The Morgan fingerprint density at radius 2 is 2.12 bits per heavy atom. The zero-order valence-corrected chi connectivity index (χ0v) is 9.94. The number of hydrogen-bond acceptors (Lipinski definition) is 5. The Bertz CT molecular complexity index is 609. The van der Waals surface area contributed by atoms with Gasteiger partial charge in [-0.2, -0.15) is 0 Å². The molecule has 0 saturated carbocycles. The summed E-state index contributed by atoms with van der Waals surface area (Å²) in [5.74, 6) is 0.663. The average molecular weight is 272 g/mol. The van der Waals surface area contributed by atoms with Crippen LogP contribution < -0.4 is 0 Å². The highest BCUT2D eigenvalue weighted by Gasteiger charge is 2.10. The van der Waals surface area contributed by atoms with Gasteiger partial charge in [0.05, 0.1) is 16.7 Å². The molecule has 16 heavy (non-hydrogen) atoms. The number of H-pyrrole nitrogens is 1. The van der Waals surface area contributed by atoms with Crippen molar-refractivity contribution in [3.8, 4) is 10.7 Å². The maximum absolute atomic E-state index is 5.86. The van der Waals surface area contributed by atoms with E-state index in [4.69, 9.17) is 23.2 Å². The number of pyridine rings is 1. The molecule has 0 bridgehead atoms. The molecule has 0 aliphatic rings. The lowest BCUT2D eigenvalue weighted by Gasteiger charge is -1.92. The first-order valence-corrected chi connectivity index (χ1v) is 5.76. The van der Waals surface area contributed by atoms with Gasteiger partial charge in [0, 0.05) is 0 Å². The second-order valence-electron chi connectivity index (χ2n) is 3.00. The molecule has 80 valence electrons. The quantitative estimate of drug-likeness (QED) is 0.691. The molecule has 0 unspecified atom stereocenters. The van der Waals surface area contributed by atoms with Gasteiger partial charge in [-0.05, 0) is 17.6 Å². The van der Waals surface area contributed by atoms with Crippen molar-refractivity contribution in [2.75, 3.05) is 0 Å². The summed E-state index contributed by atoms with van der Waals surface area (Å²) in [5, 5.41) is 4.38. The Morgan fingerprint density at radius 3 is 2.88 bits per heavy atom. The highest BCUT2D eigenvalue weighted by molar-refractivity contribution is 7.09. The summed E-state index contributed by atoms with van der Waals surface area (Å²) >= 11 is 12.9. The first-order chi connectivity index (χ1) is 7.74. The van der Waals surface area contributed by atoms with Crippen LogP contribution in [-0.2, 0) is 0 Å². The van der Waals surface area contributed by atoms with Crippen molar-refractivity contribution in [2.45, 2.75) is 0 Å². The second kappa shape index (κ2) is 3.65. The van der Waals surface area contributed by atoms with Crippen molar-refractivity contribution in [3.05, 3.63) is 22.4 Å². The van der Waals surface area contributed by atoms with E-state index in [1.807, 2.05) is 0 Å². The summed E-state index contributed by atoms with van der Waals surface area (Å²) in [6.45, 7) is 0.